The minimum Gasteiger partial charge on any atom is -0.366 e. The zero-order chi connectivity index (χ0) is 18.5. The average Bonchev–Trinajstić information content (AvgIpc) is 3.34. The van der Waals surface area contributed by atoms with E-state index in [4.69, 9.17) is 5.73 Å². The summed E-state index contributed by atoms with van der Waals surface area (Å²) < 4.78 is 0. The molecule has 0 aromatic heterocycles. The van der Waals surface area contributed by atoms with Crippen molar-refractivity contribution in [2.45, 2.75) is 57.0 Å². The standard InChI is InChI=1S/C21H29N3O2/c1-21(2)13-23(10-11-24(21)14-6-5-7-14)20(26)18-12-17(18)15-8-3-4-9-16(15)19(22)25/h3-4,8-9,14,17-18H,5-7,10-13H2,1-2H3,(H2,22,25)/t17-,18+/m0/s1. The van der Waals surface area contributed by atoms with Gasteiger partial charge in [0.2, 0.25) is 11.8 Å². The third kappa shape index (κ3) is 3.02. The fourth-order valence-corrected chi connectivity index (χ4v) is 4.82. The van der Waals surface area contributed by atoms with Gasteiger partial charge in [-0.2, -0.15) is 0 Å². The van der Waals surface area contributed by atoms with Crippen molar-refractivity contribution in [3.63, 3.8) is 0 Å². The highest BCUT2D eigenvalue weighted by molar-refractivity contribution is 5.95. The molecule has 2 saturated carbocycles. The third-order valence-corrected chi connectivity index (χ3v) is 6.53. The number of rotatable bonds is 4. The predicted molar refractivity (Wildman–Crippen MR) is 101 cm³/mol. The Hall–Kier alpha value is -1.88. The van der Waals surface area contributed by atoms with Gasteiger partial charge in [0.1, 0.15) is 0 Å². The van der Waals surface area contributed by atoms with Crippen LogP contribution >= 0.6 is 0 Å². The van der Waals surface area contributed by atoms with E-state index in [9.17, 15) is 9.59 Å². The van der Waals surface area contributed by atoms with E-state index in [0.29, 0.717) is 11.6 Å². The van der Waals surface area contributed by atoms with Crippen LogP contribution in [0.4, 0.5) is 0 Å². The monoisotopic (exact) mass is 355 g/mol. The molecule has 0 spiro atoms. The lowest BCUT2D eigenvalue weighted by atomic mass is 9.86. The Morgan fingerprint density at radius 3 is 2.50 bits per heavy atom. The summed E-state index contributed by atoms with van der Waals surface area (Å²) in [7, 11) is 0. The van der Waals surface area contributed by atoms with Gasteiger partial charge in [0.05, 0.1) is 0 Å². The number of amides is 2. The van der Waals surface area contributed by atoms with Crippen LogP contribution in [0.2, 0.25) is 0 Å². The summed E-state index contributed by atoms with van der Waals surface area (Å²) in [6.07, 6.45) is 4.76. The molecule has 1 aromatic carbocycles. The fourth-order valence-electron chi connectivity index (χ4n) is 4.82. The van der Waals surface area contributed by atoms with Crippen LogP contribution in [0.3, 0.4) is 0 Å². The average molecular weight is 355 g/mol. The first-order valence-electron chi connectivity index (χ1n) is 9.83. The van der Waals surface area contributed by atoms with Gasteiger partial charge in [-0.15, -0.1) is 0 Å². The minimum atomic E-state index is -0.408. The van der Waals surface area contributed by atoms with Gasteiger partial charge >= 0.3 is 0 Å². The van der Waals surface area contributed by atoms with Gasteiger partial charge in [-0.25, -0.2) is 0 Å². The van der Waals surface area contributed by atoms with Crippen molar-refractivity contribution in [2.75, 3.05) is 19.6 Å². The van der Waals surface area contributed by atoms with Crippen molar-refractivity contribution in [3.05, 3.63) is 35.4 Å². The SMILES string of the molecule is CC1(C)CN(C(=O)[C@@H]2C[C@H]2c2ccccc2C(N)=O)CCN1C1CCC1. The third-order valence-electron chi connectivity index (χ3n) is 6.53. The topological polar surface area (TPSA) is 66.6 Å². The molecule has 3 aliphatic rings. The van der Waals surface area contributed by atoms with E-state index in [1.165, 1.54) is 19.3 Å². The maximum atomic E-state index is 13.1. The van der Waals surface area contributed by atoms with Gasteiger partial charge < -0.3 is 10.6 Å². The van der Waals surface area contributed by atoms with Crippen LogP contribution < -0.4 is 5.73 Å². The molecule has 2 N–H and O–H groups in total. The Labute approximate surface area is 155 Å². The summed E-state index contributed by atoms with van der Waals surface area (Å²) in [5, 5.41) is 0. The molecule has 1 aliphatic heterocycles. The van der Waals surface area contributed by atoms with Gasteiger partial charge in [0, 0.05) is 42.7 Å². The highest BCUT2D eigenvalue weighted by Crippen LogP contribution is 2.50. The molecule has 140 valence electrons. The summed E-state index contributed by atoms with van der Waals surface area (Å²) in [6, 6.07) is 8.15. The largest absolute Gasteiger partial charge is 0.366 e. The van der Waals surface area contributed by atoms with Crippen molar-refractivity contribution >= 4 is 11.8 Å². The van der Waals surface area contributed by atoms with E-state index in [1.807, 2.05) is 23.1 Å². The second kappa shape index (κ2) is 6.38. The van der Waals surface area contributed by atoms with Crippen molar-refractivity contribution in [2.24, 2.45) is 11.7 Å². The first-order valence-corrected chi connectivity index (χ1v) is 9.83. The van der Waals surface area contributed by atoms with Crippen molar-refractivity contribution in [1.29, 1.82) is 0 Å². The lowest BCUT2D eigenvalue weighted by Gasteiger charge is -2.53. The van der Waals surface area contributed by atoms with Crippen LogP contribution in [0.1, 0.15) is 61.4 Å². The van der Waals surface area contributed by atoms with Crippen LogP contribution in [0.5, 0.6) is 0 Å². The molecule has 1 aromatic rings. The normalized spacial score (nSPS) is 28.5. The second-order valence-corrected chi connectivity index (χ2v) is 8.75. The molecule has 4 rings (SSSR count). The molecular weight excluding hydrogens is 326 g/mol. The second-order valence-electron chi connectivity index (χ2n) is 8.75. The summed E-state index contributed by atoms with van der Waals surface area (Å²) in [6.45, 7) is 7.11. The molecule has 5 nitrogen and oxygen atoms in total. The van der Waals surface area contributed by atoms with Crippen LogP contribution in [0.15, 0.2) is 24.3 Å². The Kier molecular flexibility index (Phi) is 4.30. The Balaban J connectivity index is 1.43. The molecule has 0 radical (unpaired) electrons. The maximum Gasteiger partial charge on any atom is 0.248 e. The van der Waals surface area contributed by atoms with E-state index in [1.54, 1.807) is 6.07 Å². The van der Waals surface area contributed by atoms with Crippen LogP contribution in [0, 0.1) is 5.92 Å². The van der Waals surface area contributed by atoms with E-state index < -0.39 is 5.91 Å². The predicted octanol–water partition coefficient (Wildman–Crippen LogP) is 2.36. The Bertz CT molecular complexity index is 726. The maximum absolute atomic E-state index is 13.1. The fraction of sp³-hybridized carbons (Fsp3) is 0.619. The van der Waals surface area contributed by atoms with Crippen molar-refractivity contribution in [3.8, 4) is 0 Å². The highest BCUT2D eigenvalue weighted by atomic mass is 16.2. The number of nitrogens with two attached hydrogens (primary N) is 1. The Morgan fingerprint density at radius 1 is 1.15 bits per heavy atom. The van der Waals surface area contributed by atoms with Crippen LogP contribution in [-0.2, 0) is 4.79 Å². The zero-order valence-corrected chi connectivity index (χ0v) is 15.8. The first kappa shape index (κ1) is 17.5. The van der Waals surface area contributed by atoms with E-state index in [-0.39, 0.29) is 23.3 Å². The first-order chi connectivity index (χ1) is 12.4. The molecule has 2 atom stereocenters. The van der Waals surface area contributed by atoms with Crippen molar-refractivity contribution < 1.29 is 9.59 Å². The molecule has 3 fully saturated rings. The van der Waals surface area contributed by atoms with Gasteiger partial charge in [0.25, 0.3) is 0 Å². The van der Waals surface area contributed by atoms with Gasteiger partial charge in [-0.1, -0.05) is 24.6 Å². The van der Waals surface area contributed by atoms with E-state index in [0.717, 1.165) is 31.6 Å². The zero-order valence-electron chi connectivity index (χ0n) is 15.8. The molecule has 5 heteroatoms. The molecule has 1 heterocycles. The highest BCUT2D eigenvalue weighted by Gasteiger charge is 2.49. The quantitative estimate of drug-likeness (QED) is 0.902. The van der Waals surface area contributed by atoms with Gasteiger partial charge in [-0.3, -0.25) is 14.5 Å². The number of hydrogen-bond acceptors (Lipinski definition) is 3. The molecule has 2 amide bonds. The number of benzene rings is 1. The molecule has 1 saturated heterocycles. The Morgan fingerprint density at radius 2 is 1.88 bits per heavy atom. The molecule has 0 unspecified atom stereocenters. The lowest BCUT2D eigenvalue weighted by molar-refractivity contribution is -0.139. The van der Waals surface area contributed by atoms with E-state index in [2.05, 4.69) is 18.7 Å². The molecule has 2 aliphatic carbocycles. The minimum absolute atomic E-state index is 0.00144. The molecule has 26 heavy (non-hydrogen) atoms. The lowest BCUT2D eigenvalue weighted by Crippen LogP contribution is -2.64. The van der Waals surface area contributed by atoms with Crippen LogP contribution in [-0.4, -0.2) is 52.8 Å². The van der Waals surface area contributed by atoms with Gasteiger partial charge in [-0.05, 0) is 50.7 Å². The van der Waals surface area contributed by atoms with Crippen LogP contribution in [0.25, 0.3) is 0 Å². The number of primary amides is 1. The number of hydrogen-bond donors (Lipinski definition) is 1. The number of piperazine rings is 1. The summed E-state index contributed by atoms with van der Waals surface area (Å²) in [5.74, 6) is -0.0231. The number of carbonyl (C=O) groups excluding carboxylic acids is 2. The summed E-state index contributed by atoms with van der Waals surface area (Å²) in [5.41, 5.74) is 7.03. The van der Waals surface area contributed by atoms with Crippen molar-refractivity contribution in [1.82, 2.24) is 9.80 Å². The molecular formula is C21H29N3O2. The summed E-state index contributed by atoms with van der Waals surface area (Å²) in [4.78, 5) is 29.4. The van der Waals surface area contributed by atoms with Gasteiger partial charge in [0.15, 0.2) is 0 Å². The molecule has 0 bridgehead atoms. The summed E-state index contributed by atoms with van der Waals surface area (Å²) >= 11 is 0. The smallest absolute Gasteiger partial charge is 0.248 e. The van der Waals surface area contributed by atoms with E-state index >= 15 is 0 Å². The number of carbonyl (C=O) groups is 2. The number of nitrogens with zero attached hydrogens (tertiary/aromatic N) is 2.